The second kappa shape index (κ2) is 11.1. The number of rotatable bonds is 7. The number of aromatic nitrogens is 1. The first-order chi connectivity index (χ1) is 16.7. The van der Waals surface area contributed by atoms with E-state index in [1.54, 1.807) is 18.7 Å². The summed E-state index contributed by atoms with van der Waals surface area (Å²) in [6.45, 7) is 6.03. The molecule has 9 nitrogen and oxygen atoms in total. The molecule has 2 fully saturated rings. The number of piperidine rings is 2. The van der Waals surface area contributed by atoms with Gasteiger partial charge in [-0.25, -0.2) is 22.9 Å². The minimum absolute atomic E-state index is 0.0324. The van der Waals surface area contributed by atoms with Crippen molar-refractivity contribution in [1.29, 1.82) is 0 Å². The van der Waals surface area contributed by atoms with Crippen LogP contribution in [0, 0.1) is 0 Å². The molecule has 35 heavy (non-hydrogen) atoms. The lowest BCUT2D eigenvalue weighted by atomic mass is 9.97. The summed E-state index contributed by atoms with van der Waals surface area (Å²) in [5.41, 5.74) is 0. The molecular weight excluding hydrogens is 468 g/mol. The molecular formula is C25H36N4O5S. The highest BCUT2D eigenvalue weighted by Crippen LogP contribution is 2.28. The molecule has 2 aliphatic heterocycles. The number of amides is 1. The normalized spacial score (nSPS) is 22.1. The molecule has 1 aromatic carbocycles. The van der Waals surface area contributed by atoms with E-state index in [0.29, 0.717) is 19.4 Å². The molecule has 4 rings (SSSR count). The van der Waals surface area contributed by atoms with Crippen molar-refractivity contribution in [2.24, 2.45) is 0 Å². The van der Waals surface area contributed by atoms with Crippen molar-refractivity contribution >= 4 is 32.7 Å². The summed E-state index contributed by atoms with van der Waals surface area (Å²) in [7, 11) is -3.43. The Balaban J connectivity index is 1.40. The molecule has 1 N–H and O–H groups in total. The molecule has 3 heterocycles. The van der Waals surface area contributed by atoms with E-state index in [0.717, 1.165) is 43.4 Å². The van der Waals surface area contributed by atoms with Gasteiger partial charge in [0.15, 0.2) is 0 Å². The maximum Gasteiger partial charge on any atom is 0.410 e. The largest absolute Gasteiger partial charge is 0.447 e. The van der Waals surface area contributed by atoms with Gasteiger partial charge in [-0.05, 0) is 51.0 Å². The van der Waals surface area contributed by atoms with E-state index in [4.69, 9.17) is 9.47 Å². The lowest BCUT2D eigenvalue weighted by Crippen LogP contribution is -2.59. The lowest BCUT2D eigenvalue weighted by Gasteiger charge is -2.41. The number of hydrogen-bond acceptors (Lipinski definition) is 7. The third kappa shape index (κ3) is 6.62. The zero-order chi connectivity index (χ0) is 25.0. The Labute approximate surface area is 207 Å². The molecule has 1 amide bonds. The SMILES string of the molecule is CC(C)OC(=O)N1CCC[C@H](NS(C)(=O)=O)[C@@H]1COC1CCN(c2nccc3ccccc23)CC1. The fraction of sp³-hybridized carbons (Fsp3) is 0.600. The smallest absolute Gasteiger partial charge is 0.410 e. The summed E-state index contributed by atoms with van der Waals surface area (Å²) >= 11 is 0. The van der Waals surface area contributed by atoms with Crippen LogP contribution in [-0.4, -0.2) is 81.2 Å². The molecule has 1 aromatic heterocycles. The standard InChI is InChI=1S/C25H36N4O5S/c1-18(2)34-25(30)29-14-6-9-22(27-35(3,31)32)23(29)17-33-20-11-15-28(16-12-20)24-21-8-5-4-7-19(21)10-13-26-24/h4-5,7-8,10,13,18,20,22-23,27H,6,9,11-12,14-17H2,1-3H3/t22-,23-/m0/s1. The number of carbonyl (C=O) groups excluding carboxylic acids is 1. The predicted molar refractivity (Wildman–Crippen MR) is 136 cm³/mol. The molecule has 2 atom stereocenters. The average molecular weight is 505 g/mol. The predicted octanol–water partition coefficient (Wildman–Crippen LogP) is 3.15. The summed E-state index contributed by atoms with van der Waals surface area (Å²) in [5.74, 6) is 0.994. The van der Waals surface area contributed by atoms with E-state index < -0.39 is 28.2 Å². The summed E-state index contributed by atoms with van der Waals surface area (Å²) in [5, 5.41) is 2.32. The Hall–Kier alpha value is -2.43. The Morgan fingerprint density at radius 1 is 1.14 bits per heavy atom. The van der Waals surface area contributed by atoms with E-state index >= 15 is 0 Å². The van der Waals surface area contributed by atoms with Crippen LogP contribution in [0.3, 0.4) is 0 Å². The van der Waals surface area contributed by atoms with Crippen molar-refractivity contribution in [2.45, 2.75) is 63.8 Å². The molecule has 0 aliphatic carbocycles. The molecule has 2 aliphatic rings. The summed E-state index contributed by atoms with van der Waals surface area (Å²) in [4.78, 5) is 21.3. The van der Waals surface area contributed by atoms with E-state index in [1.165, 1.54) is 5.39 Å². The van der Waals surface area contributed by atoms with Crippen LogP contribution >= 0.6 is 0 Å². The monoisotopic (exact) mass is 504 g/mol. The van der Waals surface area contributed by atoms with Crippen molar-refractivity contribution < 1.29 is 22.7 Å². The van der Waals surface area contributed by atoms with E-state index in [2.05, 4.69) is 26.7 Å². The number of nitrogens with one attached hydrogen (secondary N) is 1. The van der Waals surface area contributed by atoms with E-state index in [-0.39, 0.29) is 18.8 Å². The molecule has 2 aromatic rings. The summed E-state index contributed by atoms with van der Waals surface area (Å²) in [6.07, 6.45) is 5.37. The van der Waals surface area contributed by atoms with Crippen molar-refractivity contribution in [3.05, 3.63) is 36.5 Å². The second-order valence-electron chi connectivity index (χ2n) is 9.71. The van der Waals surface area contributed by atoms with Gasteiger partial charge in [0.1, 0.15) is 5.82 Å². The number of nitrogens with zero attached hydrogens (tertiary/aromatic N) is 3. The zero-order valence-electron chi connectivity index (χ0n) is 20.7. The van der Waals surface area contributed by atoms with Gasteiger partial charge >= 0.3 is 6.09 Å². The van der Waals surface area contributed by atoms with Crippen molar-refractivity contribution in [3.8, 4) is 0 Å². The Bertz CT molecular complexity index is 1110. The minimum atomic E-state index is -3.43. The number of benzene rings is 1. The van der Waals surface area contributed by atoms with Crippen LogP contribution in [0.2, 0.25) is 0 Å². The number of ether oxygens (including phenoxy) is 2. The van der Waals surface area contributed by atoms with Crippen LogP contribution in [0.15, 0.2) is 36.5 Å². The molecule has 10 heteroatoms. The molecule has 0 radical (unpaired) electrons. The van der Waals surface area contributed by atoms with Gasteiger partial charge < -0.3 is 19.3 Å². The van der Waals surface area contributed by atoms with Crippen LogP contribution in [0.5, 0.6) is 0 Å². The molecule has 0 spiro atoms. The number of pyridine rings is 1. The maximum atomic E-state index is 12.7. The number of fused-ring (bicyclic) bond motifs is 1. The summed E-state index contributed by atoms with van der Waals surface area (Å²) in [6, 6.07) is 9.46. The Morgan fingerprint density at radius 2 is 1.89 bits per heavy atom. The first-order valence-corrected chi connectivity index (χ1v) is 14.3. The van der Waals surface area contributed by atoms with Crippen LogP contribution in [0.1, 0.15) is 39.5 Å². The topological polar surface area (TPSA) is 101 Å². The number of likely N-dealkylation sites (tertiary alicyclic amines) is 1. The quantitative estimate of drug-likeness (QED) is 0.618. The fourth-order valence-electron chi connectivity index (χ4n) is 5.00. The highest BCUT2D eigenvalue weighted by molar-refractivity contribution is 7.88. The number of anilines is 1. The highest BCUT2D eigenvalue weighted by atomic mass is 32.2. The average Bonchev–Trinajstić information content (AvgIpc) is 2.82. The first kappa shape index (κ1) is 25.7. The highest BCUT2D eigenvalue weighted by Gasteiger charge is 2.38. The number of carbonyl (C=O) groups is 1. The Morgan fingerprint density at radius 3 is 2.60 bits per heavy atom. The van der Waals surface area contributed by atoms with Crippen molar-refractivity contribution in [3.63, 3.8) is 0 Å². The van der Waals surface area contributed by atoms with Crippen LogP contribution in [0.25, 0.3) is 10.8 Å². The van der Waals surface area contributed by atoms with Crippen LogP contribution in [0.4, 0.5) is 10.6 Å². The van der Waals surface area contributed by atoms with Gasteiger partial charge in [-0.2, -0.15) is 0 Å². The fourth-order valence-corrected chi connectivity index (χ4v) is 5.82. The lowest BCUT2D eigenvalue weighted by molar-refractivity contribution is -0.0240. The first-order valence-electron chi connectivity index (χ1n) is 12.4. The Kier molecular flexibility index (Phi) is 8.13. The summed E-state index contributed by atoms with van der Waals surface area (Å²) < 4.78 is 38.4. The van der Waals surface area contributed by atoms with Gasteiger partial charge in [0.05, 0.1) is 31.1 Å². The van der Waals surface area contributed by atoms with Gasteiger partial charge in [-0.1, -0.05) is 24.3 Å². The molecule has 0 saturated carbocycles. The molecule has 2 saturated heterocycles. The molecule has 0 unspecified atom stereocenters. The molecule has 0 bridgehead atoms. The third-order valence-corrected chi connectivity index (χ3v) is 7.34. The minimum Gasteiger partial charge on any atom is -0.447 e. The van der Waals surface area contributed by atoms with Gasteiger partial charge in [0.25, 0.3) is 0 Å². The van der Waals surface area contributed by atoms with Gasteiger partial charge in [0, 0.05) is 37.3 Å². The van der Waals surface area contributed by atoms with Gasteiger partial charge in [0.2, 0.25) is 10.0 Å². The molecule has 192 valence electrons. The third-order valence-electron chi connectivity index (χ3n) is 6.61. The second-order valence-corrected chi connectivity index (χ2v) is 11.5. The van der Waals surface area contributed by atoms with Gasteiger partial charge in [-0.15, -0.1) is 0 Å². The number of sulfonamides is 1. The van der Waals surface area contributed by atoms with Crippen molar-refractivity contribution in [2.75, 3.05) is 37.4 Å². The van der Waals surface area contributed by atoms with E-state index in [1.807, 2.05) is 24.4 Å². The van der Waals surface area contributed by atoms with Crippen LogP contribution < -0.4 is 9.62 Å². The van der Waals surface area contributed by atoms with E-state index in [9.17, 15) is 13.2 Å². The zero-order valence-corrected chi connectivity index (χ0v) is 21.5. The number of hydrogen-bond donors (Lipinski definition) is 1. The maximum absolute atomic E-state index is 12.7. The van der Waals surface area contributed by atoms with Crippen LogP contribution in [-0.2, 0) is 19.5 Å². The van der Waals surface area contributed by atoms with Gasteiger partial charge in [-0.3, -0.25) is 0 Å². The van der Waals surface area contributed by atoms with Crippen molar-refractivity contribution in [1.82, 2.24) is 14.6 Å².